The Bertz CT molecular complexity index is 282. The molecular weight excluding hydrogens is 198 g/mol. The second-order valence-electron chi connectivity index (χ2n) is 4.85. The molecule has 1 atom stereocenters. The molecule has 0 saturated heterocycles. The Kier molecular flexibility index (Phi) is 3.58. The van der Waals surface area contributed by atoms with E-state index in [1.165, 1.54) is 6.42 Å². The summed E-state index contributed by atoms with van der Waals surface area (Å²) < 4.78 is 22.7. The van der Waals surface area contributed by atoms with E-state index in [-0.39, 0.29) is 5.75 Å². The lowest BCUT2D eigenvalue weighted by Crippen LogP contribution is -2.28. The average molecular weight is 219 g/mol. The summed E-state index contributed by atoms with van der Waals surface area (Å²) in [4.78, 5) is 0. The molecule has 0 spiro atoms. The molecule has 0 bridgehead atoms. The first-order chi connectivity index (χ1) is 6.37. The second kappa shape index (κ2) is 4.19. The van der Waals surface area contributed by atoms with Crippen LogP contribution in [0.3, 0.4) is 0 Å². The number of hydrogen-bond acceptors (Lipinski definition) is 3. The second-order valence-corrected chi connectivity index (χ2v) is 7.15. The predicted octanol–water partition coefficient (Wildman–Crippen LogP) is 1.20. The Hall–Kier alpha value is -0.0900. The van der Waals surface area contributed by atoms with Crippen LogP contribution >= 0.6 is 0 Å². The highest BCUT2D eigenvalue weighted by Crippen LogP contribution is 2.44. The smallest absolute Gasteiger partial charge is 0.151 e. The third-order valence-electron chi connectivity index (χ3n) is 2.83. The van der Waals surface area contributed by atoms with Crippen LogP contribution in [0.2, 0.25) is 0 Å². The molecule has 1 aliphatic carbocycles. The minimum absolute atomic E-state index is 0.285. The van der Waals surface area contributed by atoms with Gasteiger partial charge in [0.05, 0.1) is 5.75 Å². The molecule has 0 aromatic rings. The quantitative estimate of drug-likeness (QED) is 0.730. The minimum Gasteiger partial charge on any atom is -0.312 e. The van der Waals surface area contributed by atoms with Crippen molar-refractivity contribution in [2.45, 2.75) is 39.7 Å². The fourth-order valence-corrected chi connectivity index (χ4v) is 2.87. The van der Waals surface area contributed by atoms with Crippen molar-refractivity contribution in [1.82, 2.24) is 5.32 Å². The molecular formula is C10H21NO2S. The van der Waals surface area contributed by atoms with Crippen molar-refractivity contribution >= 4 is 9.84 Å². The molecule has 84 valence electrons. The van der Waals surface area contributed by atoms with Crippen molar-refractivity contribution < 1.29 is 8.42 Å². The Morgan fingerprint density at radius 1 is 1.36 bits per heavy atom. The summed E-state index contributed by atoms with van der Waals surface area (Å²) in [6, 6.07) is 0.527. The zero-order valence-electron chi connectivity index (χ0n) is 9.34. The van der Waals surface area contributed by atoms with Crippen LogP contribution in [0.1, 0.15) is 33.6 Å². The SMILES string of the molecule is CCCS(=O)(=O)CCNC1CC1(C)C. The molecule has 1 fully saturated rings. The maximum absolute atomic E-state index is 11.4. The molecule has 1 saturated carbocycles. The van der Waals surface area contributed by atoms with Crippen LogP contribution < -0.4 is 5.32 Å². The average Bonchev–Trinajstić information content (AvgIpc) is 2.58. The van der Waals surface area contributed by atoms with Crippen LogP contribution in [0.5, 0.6) is 0 Å². The standard InChI is InChI=1S/C10H21NO2S/c1-4-6-14(12,13)7-5-11-9-8-10(9,2)3/h9,11H,4-8H2,1-3H3. The van der Waals surface area contributed by atoms with Gasteiger partial charge >= 0.3 is 0 Å². The Labute approximate surface area is 87.2 Å². The maximum atomic E-state index is 11.4. The van der Waals surface area contributed by atoms with E-state index in [2.05, 4.69) is 19.2 Å². The highest BCUT2D eigenvalue weighted by molar-refractivity contribution is 7.91. The molecule has 0 heterocycles. The molecule has 1 N–H and O–H groups in total. The third-order valence-corrected chi connectivity index (χ3v) is 4.69. The molecule has 14 heavy (non-hydrogen) atoms. The van der Waals surface area contributed by atoms with Crippen molar-refractivity contribution in [3.63, 3.8) is 0 Å². The van der Waals surface area contributed by atoms with Crippen LogP contribution in [0.15, 0.2) is 0 Å². The first kappa shape index (κ1) is 12.0. The van der Waals surface area contributed by atoms with Crippen molar-refractivity contribution in [1.29, 1.82) is 0 Å². The summed E-state index contributed by atoms with van der Waals surface area (Å²) in [5, 5.41) is 3.28. The predicted molar refractivity (Wildman–Crippen MR) is 59.1 cm³/mol. The molecule has 0 amide bonds. The van der Waals surface area contributed by atoms with Gasteiger partial charge in [-0.2, -0.15) is 0 Å². The zero-order chi connectivity index (χ0) is 10.8. The van der Waals surface area contributed by atoms with Crippen LogP contribution in [-0.4, -0.2) is 32.5 Å². The molecule has 0 radical (unpaired) electrons. The molecule has 3 nitrogen and oxygen atoms in total. The number of sulfone groups is 1. The van der Waals surface area contributed by atoms with Crippen LogP contribution in [0, 0.1) is 5.41 Å². The first-order valence-corrected chi connectivity index (χ1v) is 7.13. The minimum atomic E-state index is -2.80. The highest BCUT2D eigenvalue weighted by Gasteiger charge is 2.44. The summed E-state index contributed by atoms with van der Waals surface area (Å²) in [7, 11) is -2.80. The van der Waals surface area contributed by atoms with Crippen LogP contribution in [0.25, 0.3) is 0 Å². The Morgan fingerprint density at radius 2 is 1.93 bits per heavy atom. The van der Waals surface area contributed by atoms with E-state index >= 15 is 0 Å². The van der Waals surface area contributed by atoms with Crippen molar-refractivity contribution in [3.8, 4) is 0 Å². The van der Waals surface area contributed by atoms with E-state index in [9.17, 15) is 8.42 Å². The zero-order valence-corrected chi connectivity index (χ0v) is 10.2. The van der Waals surface area contributed by atoms with Gasteiger partial charge in [-0.3, -0.25) is 0 Å². The monoisotopic (exact) mass is 219 g/mol. The van der Waals surface area contributed by atoms with Crippen molar-refractivity contribution in [3.05, 3.63) is 0 Å². The fourth-order valence-electron chi connectivity index (χ4n) is 1.62. The molecule has 1 rings (SSSR count). The third kappa shape index (κ3) is 3.58. The van der Waals surface area contributed by atoms with Gasteiger partial charge in [-0.15, -0.1) is 0 Å². The maximum Gasteiger partial charge on any atom is 0.151 e. The van der Waals surface area contributed by atoms with Crippen molar-refractivity contribution in [2.75, 3.05) is 18.1 Å². The molecule has 1 unspecified atom stereocenters. The summed E-state index contributed by atoms with van der Waals surface area (Å²) >= 11 is 0. The van der Waals surface area contributed by atoms with E-state index in [4.69, 9.17) is 0 Å². The van der Waals surface area contributed by atoms with E-state index < -0.39 is 9.84 Å². The topological polar surface area (TPSA) is 46.2 Å². The molecule has 4 heteroatoms. The largest absolute Gasteiger partial charge is 0.312 e. The lowest BCUT2D eigenvalue weighted by Gasteiger charge is -2.06. The Morgan fingerprint density at radius 3 is 2.36 bits per heavy atom. The number of nitrogens with one attached hydrogen (secondary N) is 1. The van der Waals surface area contributed by atoms with Gasteiger partial charge in [-0.25, -0.2) is 8.42 Å². The van der Waals surface area contributed by atoms with Crippen LogP contribution in [-0.2, 0) is 9.84 Å². The van der Waals surface area contributed by atoms with Crippen molar-refractivity contribution in [2.24, 2.45) is 5.41 Å². The van der Waals surface area contributed by atoms with Crippen LogP contribution in [0.4, 0.5) is 0 Å². The summed E-state index contributed by atoms with van der Waals surface area (Å²) in [5.41, 5.74) is 0.383. The lowest BCUT2D eigenvalue weighted by atomic mass is 10.2. The molecule has 0 aromatic carbocycles. The van der Waals surface area contributed by atoms with E-state index in [1.54, 1.807) is 0 Å². The van der Waals surface area contributed by atoms with Gasteiger partial charge in [0.1, 0.15) is 0 Å². The number of hydrogen-bond donors (Lipinski definition) is 1. The lowest BCUT2D eigenvalue weighted by molar-refractivity contribution is 0.547. The molecule has 0 aromatic heterocycles. The van der Waals surface area contributed by atoms with E-state index in [0.29, 0.717) is 23.8 Å². The first-order valence-electron chi connectivity index (χ1n) is 5.31. The highest BCUT2D eigenvalue weighted by atomic mass is 32.2. The van der Waals surface area contributed by atoms with Gasteiger partial charge in [0.15, 0.2) is 9.84 Å². The summed E-state index contributed by atoms with van der Waals surface area (Å²) in [6.07, 6.45) is 1.89. The Balaban J connectivity index is 2.16. The number of rotatable bonds is 6. The van der Waals surface area contributed by atoms with Gasteiger partial charge in [-0.05, 0) is 18.3 Å². The van der Waals surface area contributed by atoms with Gasteiger partial charge in [-0.1, -0.05) is 20.8 Å². The van der Waals surface area contributed by atoms with Gasteiger partial charge < -0.3 is 5.32 Å². The molecule has 0 aliphatic heterocycles. The van der Waals surface area contributed by atoms with Gasteiger partial charge in [0.2, 0.25) is 0 Å². The molecule has 1 aliphatic rings. The van der Waals surface area contributed by atoms with E-state index in [0.717, 1.165) is 6.42 Å². The van der Waals surface area contributed by atoms with Gasteiger partial charge in [0, 0.05) is 18.3 Å². The van der Waals surface area contributed by atoms with E-state index in [1.807, 2.05) is 6.92 Å². The van der Waals surface area contributed by atoms with Gasteiger partial charge in [0.25, 0.3) is 0 Å². The summed E-state index contributed by atoms with van der Waals surface area (Å²) in [6.45, 7) is 6.90. The normalized spacial score (nSPS) is 24.9. The fraction of sp³-hybridized carbons (Fsp3) is 1.00. The summed E-state index contributed by atoms with van der Waals surface area (Å²) in [5.74, 6) is 0.607.